The van der Waals surface area contributed by atoms with Crippen molar-refractivity contribution in [3.63, 3.8) is 0 Å². The Morgan fingerprint density at radius 2 is 1.75 bits per heavy atom. The zero-order chi connectivity index (χ0) is 13.9. The minimum atomic E-state index is 0.158. The van der Waals surface area contributed by atoms with Gasteiger partial charge in [0.25, 0.3) is 0 Å². The minimum absolute atomic E-state index is 0.158. The smallest absolute Gasteiger partial charge is 0.225 e. The largest absolute Gasteiger partial charge is 0.507 e. The molecule has 0 atom stereocenters. The van der Waals surface area contributed by atoms with Crippen molar-refractivity contribution in [3.05, 3.63) is 48.5 Å². The maximum atomic E-state index is 9.94. The van der Waals surface area contributed by atoms with Gasteiger partial charge in [-0.3, -0.25) is 0 Å². The molecule has 20 heavy (non-hydrogen) atoms. The van der Waals surface area contributed by atoms with Crippen LogP contribution >= 0.6 is 0 Å². The summed E-state index contributed by atoms with van der Waals surface area (Å²) in [5.74, 6) is 1.16. The summed E-state index contributed by atoms with van der Waals surface area (Å²) < 4.78 is 5.59. The van der Waals surface area contributed by atoms with E-state index in [1.54, 1.807) is 18.2 Å². The third-order valence-electron chi connectivity index (χ3n) is 2.99. The van der Waals surface area contributed by atoms with Gasteiger partial charge in [0.05, 0.1) is 23.1 Å². The number of hydrogen-bond acceptors (Lipinski definition) is 4. The van der Waals surface area contributed by atoms with Crippen LogP contribution in [0.1, 0.15) is 6.92 Å². The molecular formula is C16H14N2O2. The van der Waals surface area contributed by atoms with Gasteiger partial charge in [0.15, 0.2) is 5.82 Å². The lowest BCUT2D eigenvalue weighted by molar-refractivity contribution is 0.331. The third-order valence-corrected chi connectivity index (χ3v) is 2.99. The molecule has 1 N–H and O–H groups in total. The Hall–Kier alpha value is -2.62. The minimum Gasteiger partial charge on any atom is -0.507 e. The number of phenolic OH excluding ortho intramolecular Hbond substituents is 1. The molecule has 0 aliphatic rings. The standard InChI is InChI=1S/C16H14N2O2/c1-2-20-16-11-7-3-5-9-13(11)17-15(18-16)12-8-4-6-10-14(12)19/h3-10,19H,2H2,1H3. The van der Waals surface area contributed by atoms with E-state index in [1.807, 2.05) is 37.3 Å². The highest BCUT2D eigenvalue weighted by molar-refractivity contribution is 5.85. The number of aromatic hydroxyl groups is 1. The normalized spacial score (nSPS) is 10.7. The Kier molecular flexibility index (Phi) is 3.21. The van der Waals surface area contributed by atoms with E-state index >= 15 is 0 Å². The first-order chi connectivity index (χ1) is 9.79. The van der Waals surface area contributed by atoms with Crippen molar-refractivity contribution in [3.8, 4) is 23.0 Å². The molecule has 0 amide bonds. The molecule has 3 aromatic rings. The highest BCUT2D eigenvalue weighted by Gasteiger charge is 2.12. The van der Waals surface area contributed by atoms with Gasteiger partial charge in [-0.1, -0.05) is 24.3 Å². The van der Waals surface area contributed by atoms with Gasteiger partial charge in [0.1, 0.15) is 5.75 Å². The summed E-state index contributed by atoms with van der Waals surface area (Å²) in [6, 6.07) is 14.7. The van der Waals surface area contributed by atoms with Crippen molar-refractivity contribution < 1.29 is 9.84 Å². The first-order valence-corrected chi connectivity index (χ1v) is 6.47. The lowest BCUT2D eigenvalue weighted by Crippen LogP contribution is -1.99. The first-order valence-electron chi connectivity index (χ1n) is 6.47. The Morgan fingerprint density at radius 1 is 1.00 bits per heavy atom. The predicted octanol–water partition coefficient (Wildman–Crippen LogP) is 3.40. The van der Waals surface area contributed by atoms with Crippen molar-refractivity contribution in [2.45, 2.75) is 6.92 Å². The fourth-order valence-electron chi connectivity index (χ4n) is 2.08. The second-order valence-corrected chi connectivity index (χ2v) is 4.32. The molecule has 4 nitrogen and oxygen atoms in total. The summed E-state index contributed by atoms with van der Waals surface area (Å²) in [5.41, 5.74) is 1.39. The highest BCUT2D eigenvalue weighted by atomic mass is 16.5. The summed E-state index contributed by atoms with van der Waals surface area (Å²) in [6.45, 7) is 2.44. The Morgan fingerprint density at radius 3 is 2.55 bits per heavy atom. The predicted molar refractivity (Wildman–Crippen MR) is 77.8 cm³/mol. The molecule has 3 rings (SSSR count). The van der Waals surface area contributed by atoms with Crippen LogP contribution in [0, 0.1) is 0 Å². The summed E-state index contributed by atoms with van der Waals surface area (Å²) >= 11 is 0. The van der Waals surface area contributed by atoms with E-state index < -0.39 is 0 Å². The fourth-order valence-corrected chi connectivity index (χ4v) is 2.08. The Labute approximate surface area is 116 Å². The second kappa shape index (κ2) is 5.17. The van der Waals surface area contributed by atoms with Gasteiger partial charge in [0.2, 0.25) is 5.88 Å². The van der Waals surface area contributed by atoms with Crippen LogP contribution in [0.2, 0.25) is 0 Å². The number of ether oxygens (including phenoxy) is 1. The van der Waals surface area contributed by atoms with Gasteiger partial charge in [-0.25, -0.2) is 4.98 Å². The third kappa shape index (κ3) is 2.16. The fraction of sp³-hybridized carbons (Fsp3) is 0.125. The SMILES string of the molecule is CCOc1nc(-c2ccccc2O)nc2ccccc12. The lowest BCUT2D eigenvalue weighted by Gasteiger charge is -2.09. The summed E-state index contributed by atoms with van der Waals surface area (Å²) in [5, 5.41) is 10.8. The van der Waals surface area contributed by atoms with Crippen LogP contribution in [0.15, 0.2) is 48.5 Å². The number of aromatic nitrogens is 2. The average molecular weight is 266 g/mol. The number of rotatable bonds is 3. The van der Waals surface area contributed by atoms with Gasteiger partial charge in [-0.05, 0) is 31.2 Å². The average Bonchev–Trinajstić information content (AvgIpc) is 2.48. The molecule has 1 aromatic heterocycles. The number of para-hydroxylation sites is 2. The first kappa shape index (κ1) is 12.4. The van der Waals surface area contributed by atoms with Crippen molar-refractivity contribution in [1.29, 1.82) is 0 Å². The van der Waals surface area contributed by atoms with Gasteiger partial charge in [0, 0.05) is 0 Å². The Balaban J connectivity index is 2.25. The van der Waals surface area contributed by atoms with E-state index in [-0.39, 0.29) is 5.75 Å². The molecule has 0 aliphatic heterocycles. The van der Waals surface area contributed by atoms with Crippen LogP contribution in [0.25, 0.3) is 22.3 Å². The molecule has 0 unspecified atom stereocenters. The van der Waals surface area contributed by atoms with Crippen LogP contribution in [-0.4, -0.2) is 21.7 Å². The number of phenols is 1. The lowest BCUT2D eigenvalue weighted by atomic mass is 10.1. The zero-order valence-electron chi connectivity index (χ0n) is 11.1. The molecule has 0 saturated heterocycles. The number of hydrogen-bond donors (Lipinski definition) is 1. The molecule has 4 heteroatoms. The maximum absolute atomic E-state index is 9.94. The van der Waals surface area contributed by atoms with E-state index in [1.165, 1.54) is 0 Å². The van der Waals surface area contributed by atoms with E-state index in [4.69, 9.17) is 4.74 Å². The van der Waals surface area contributed by atoms with Crippen molar-refractivity contribution in [2.75, 3.05) is 6.61 Å². The van der Waals surface area contributed by atoms with Gasteiger partial charge < -0.3 is 9.84 Å². The van der Waals surface area contributed by atoms with Gasteiger partial charge in [-0.15, -0.1) is 0 Å². The Bertz CT molecular complexity index is 756. The number of fused-ring (bicyclic) bond motifs is 1. The topological polar surface area (TPSA) is 55.2 Å². The molecule has 1 heterocycles. The van der Waals surface area contributed by atoms with E-state index in [0.717, 1.165) is 10.9 Å². The summed E-state index contributed by atoms with van der Waals surface area (Å²) in [7, 11) is 0. The molecule has 0 radical (unpaired) electrons. The molecule has 0 aliphatic carbocycles. The molecule has 100 valence electrons. The van der Waals surface area contributed by atoms with E-state index in [0.29, 0.717) is 23.9 Å². The quantitative estimate of drug-likeness (QED) is 0.789. The van der Waals surface area contributed by atoms with Crippen LogP contribution in [0.5, 0.6) is 11.6 Å². The van der Waals surface area contributed by atoms with Crippen LogP contribution < -0.4 is 4.74 Å². The van der Waals surface area contributed by atoms with Crippen LogP contribution in [0.3, 0.4) is 0 Å². The van der Waals surface area contributed by atoms with Crippen molar-refractivity contribution >= 4 is 10.9 Å². The van der Waals surface area contributed by atoms with E-state index in [9.17, 15) is 5.11 Å². The molecule has 0 spiro atoms. The monoisotopic (exact) mass is 266 g/mol. The number of nitrogens with zero attached hydrogens (tertiary/aromatic N) is 2. The van der Waals surface area contributed by atoms with E-state index in [2.05, 4.69) is 9.97 Å². The molecule has 0 bridgehead atoms. The molecular weight excluding hydrogens is 252 g/mol. The van der Waals surface area contributed by atoms with Crippen LogP contribution in [0.4, 0.5) is 0 Å². The molecule has 2 aromatic carbocycles. The number of benzene rings is 2. The zero-order valence-corrected chi connectivity index (χ0v) is 11.1. The maximum Gasteiger partial charge on any atom is 0.225 e. The second-order valence-electron chi connectivity index (χ2n) is 4.32. The van der Waals surface area contributed by atoms with Gasteiger partial charge in [-0.2, -0.15) is 4.98 Å². The molecule has 0 saturated carbocycles. The van der Waals surface area contributed by atoms with Crippen LogP contribution in [-0.2, 0) is 0 Å². The van der Waals surface area contributed by atoms with Crippen molar-refractivity contribution in [1.82, 2.24) is 9.97 Å². The molecule has 0 fully saturated rings. The summed E-state index contributed by atoms with van der Waals surface area (Å²) in [4.78, 5) is 8.93. The van der Waals surface area contributed by atoms with Gasteiger partial charge >= 0.3 is 0 Å². The highest BCUT2D eigenvalue weighted by Crippen LogP contribution is 2.30. The summed E-state index contributed by atoms with van der Waals surface area (Å²) in [6.07, 6.45) is 0. The van der Waals surface area contributed by atoms with Crippen molar-refractivity contribution in [2.24, 2.45) is 0 Å².